The van der Waals surface area contributed by atoms with Gasteiger partial charge in [0.15, 0.2) is 51.4 Å². The topological polar surface area (TPSA) is 261 Å². The van der Waals surface area contributed by atoms with E-state index in [0.29, 0.717) is 16.9 Å². The number of carbonyl (C=O) groups excluding carboxylic acids is 2. The van der Waals surface area contributed by atoms with E-state index in [1.165, 1.54) is 35.2 Å². The number of hydrogen-bond acceptors (Lipinski definition) is 18. The van der Waals surface area contributed by atoms with Crippen LogP contribution in [0.1, 0.15) is 18.0 Å². The molecule has 3 aromatic heterocycles. The third kappa shape index (κ3) is 8.81. The number of halogens is 3. The Morgan fingerprint density at radius 3 is 2.54 bits per heavy atom. The minimum absolute atomic E-state index is 0.0122. The number of nitrogen functional groups attached to an aromatic ring is 1. The van der Waals surface area contributed by atoms with E-state index in [1.807, 2.05) is 4.98 Å². The molecule has 4 aromatic rings. The first-order valence-corrected chi connectivity index (χ1v) is 19.8. The summed E-state index contributed by atoms with van der Waals surface area (Å²) in [5.74, 6) is -0.00665. The lowest BCUT2D eigenvalue weighted by molar-refractivity contribution is -0.141. The van der Waals surface area contributed by atoms with Crippen LogP contribution < -0.4 is 21.7 Å². The highest BCUT2D eigenvalue weighted by atomic mass is 35.5. The second-order valence-electron chi connectivity index (χ2n) is 11.3. The van der Waals surface area contributed by atoms with Crippen LogP contribution in [-0.4, -0.2) is 95.8 Å². The van der Waals surface area contributed by atoms with Gasteiger partial charge in [0.05, 0.1) is 19.5 Å². The van der Waals surface area contributed by atoms with E-state index in [-0.39, 0.29) is 35.0 Å². The summed E-state index contributed by atoms with van der Waals surface area (Å²) in [6, 6.07) is 6.76. The molecular formula is C28H28ClF2N7O13P2S. The van der Waals surface area contributed by atoms with Crippen molar-refractivity contribution in [1.82, 2.24) is 29.1 Å². The Kier molecular flexibility index (Phi) is 12.7. The maximum absolute atomic E-state index is 16.5. The standard InChI is InChI=1S/C28H28ClF2N7O13P2S/c29-27(41)48-14-3-1-13(2-4-14)9-54-53(44,47-8-15-18(30)22(45-12-39)26(49-15)37-6-5-17(40)36-28(37)42)51-21-16(7-46-52-43)50-25(19(21)31)38-11-35-20-23(32)33-10-34-24(20)38/h1-6,10-12,15-16,18-19,21-22,25-26,43,52H,7-9H2,(H2,32,33,34)(H,36,40,42)/t15-,16-,18-,19-,21-,22-,25-,26-,53?/m1/s1. The minimum Gasteiger partial charge on any atom is -0.456 e. The second-order valence-corrected chi connectivity index (χ2v) is 16.1. The van der Waals surface area contributed by atoms with Crippen LogP contribution in [-0.2, 0) is 42.9 Å². The fourth-order valence-corrected chi connectivity index (χ4v) is 9.27. The van der Waals surface area contributed by atoms with E-state index in [4.69, 9.17) is 49.9 Å². The van der Waals surface area contributed by atoms with Crippen LogP contribution in [0.15, 0.2) is 58.8 Å². The molecule has 2 unspecified atom stereocenters. The van der Waals surface area contributed by atoms with Crippen molar-refractivity contribution in [3.8, 4) is 5.75 Å². The van der Waals surface area contributed by atoms with E-state index in [9.17, 15) is 28.6 Å². The number of nitrogens with two attached hydrogens (primary N) is 1. The molecule has 0 aliphatic carbocycles. The van der Waals surface area contributed by atoms with Crippen molar-refractivity contribution in [2.45, 2.75) is 55.0 Å². The van der Waals surface area contributed by atoms with Crippen molar-refractivity contribution < 1.29 is 60.3 Å². The molecule has 10 atom stereocenters. The van der Waals surface area contributed by atoms with Crippen LogP contribution in [0.3, 0.4) is 0 Å². The quantitative estimate of drug-likeness (QED) is 0.0832. The Morgan fingerprint density at radius 2 is 1.83 bits per heavy atom. The number of alkyl halides is 2. The average Bonchev–Trinajstić information content (AvgIpc) is 3.80. The smallest absolute Gasteiger partial charge is 0.409 e. The second kappa shape index (κ2) is 17.3. The molecule has 0 spiro atoms. The van der Waals surface area contributed by atoms with Crippen molar-refractivity contribution in [1.29, 1.82) is 0 Å². The van der Waals surface area contributed by atoms with Gasteiger partial charge >= 0.3 is 17.9 Å². The molecule has 2 aliphatic heterocycles. The van der Waals surface area contributed by atoms with Crippen LogP contribution in [0.5, 0.6) is 5.75 Å². The third-order valence-corrected chi connectivity index (χ3v) is 12.0. The van der Waals surface area contributed by atoms with Gasteiger partial charge < -0.3 is 34.1 Å². The first kappa shape index (κ1) is 39.8. The highest BCUT2D eigenvalue weighted by Gasteiger charge is 2.53. The predicted molar refractivity (Wildman–Crippen MR) is 184 cm³/mol. The SMILES string of the molecule is Nc1ncnc2c1ncn2[C@@H]1O[C@H](COPO)[C@@H](OP(=O)(OC[C@H]2O[C@@H](n3ccc(=O)[nH]c3=O)[C@H](OC=O)[C@@H]2F)SCc2ccc(OC(=O)Cl)cc2)[C@H]1F. The van der Waals surface area contributed by atoms with Gasteiger partial charge in [0, 0.05) is 29.6 Å². The van der Waals surface area contributed by atoms with Gasteiger partial charge in [-0.2, -0.15) is 0 Å². The number of anilines is 1. The fourth-order valence-electron chi connectivity index (χ4n) is 5.56. The molecule has 0 radical (unpaired) electrons. The fraction of sp³-hybridized carbons (Fsp3) is 0.393. The largest absolute Gasteiger partial charge is 0.456 e. The maximum atomic E-state index is 16.5. The molecule has 54 heavy (non-hydrogen) atoms. The lowest BCUT2D eigenvalue weighted by Crippen LogP contribution is -2.37. The number of hydrogen-bond donors (Lipinski definition) is 3. The summed E-state index contributed by atoms with van der Waals surface area (Å²) in [6.07, 6.45) is -10.4. The van der Waals surface area contributed by atoms with Crippen molar-refractivity contribution in [3.63, 3.8) is 0 Å². The highest BCUT2D eigenvalue weighted by Crippen LogP contribution is 2.64. The zero-order valence-corrected chi connectivity index (χ0v) is 30.6. The summed E-state index contributed by atoms with van der Waals surface area (Å²) in [5, 5.41) is 0. The first-order chi connectivity index (χ1) is 25.9. The highest BCUT2D eigenvalue weighted by molar-refractivity contribution is 8.54. The van der Waals surface area contributed by atoms with Gasteiger partial charge in [0.2, 0.25) is 0 Å². The number of aromatic amines is 1. The van der Waals surface area contributed by atoms with Crippen LogP contribution in [0.25, 0.3) is 11.2 Å². The van der Waals surface area contributed by atoms with E-state index in [2.05, 4.69) is 15.0 Å². The molecule has 0 saturated carbocycles. The number of aromatic nitrogens is 6. The molecule has 6 rings (SSSR count). The van der Waals surface area contributed by atoms with Gasteiger partial charge in [-0.25, -0.2) is 37.9 Å². The van der Waals surface area contributed by atoms with Crippen LogP contribution in [0.4, 0.5) is 19.4 Å². The third-order valence-electron chi connectivity index (χ3n) is 8.00. The molecule has 0 amide bonds. The number of nitrogens with one attached hydrogen (secondary N) is 1. The van der Waals surface area contributed by atoms with Crippen molar-refractivity contribution in [2.75, 3.05) is 18.9 Å². The summed E-state index contributed by atoms with van der Waals surface area (Å²) in [4.78, 5) is 69.9. The number of H-pyrrole nitrogens is 1. The molecular weight excluding hydrogens is 810 g/mol. The monoisotopic (exact) mass is 837 g/mol. The molecule has 2 saturated heterocycles. The van der Waals surface area contributed by atoms with Crippen LogP contribution in [0.2, 0.25) is 0 Å². The zero-order chi connectivity index (χ0) is 38.6. The number of fused-ring (bicyclic) bond motifs is 1. The van der Waals surface area contributed by atoms with E-state index in [0.717, 1.165) is 23.2 Å². The Morgan fingerprint density at radius 1 is 1.07 bits per heavy atom. The normalized spacial score (nSPS) is 26.7. The molecule has 5 heterocycles. The number of ether oxygens (including phenoxy) is 4. The van der Waals surface area contributed by atoms with E-state index in [1.54, 1.807) is 0 Å². The number of benzene rings is 1. The maximum Gasteiger partial charge on any atom is 0.409 e. The zero-order valence-electron chi connectivity index (χ0n) is 27.1. The average molecular weight is 838 g/mol. The van der Waals surface area contributed by atoms with Gasteiger partial charge in [-0.05, 0) is 29.1 Å². The van der Waals surface area contributed by atoms with Crippen molar-refractivity contribution >= 4 is 67.7 Å². The molecule has 290 valence electrons. The molecule has 20 nitrogen and oxygen atoms in total. The van der Waals surface area contributed by atoms with Crippen LogP contribution >= 0.6 is 38.8 Å². The summed E-state index contributed by atoms with van der Waals surface area (Å²) >= 11 is 5.82. The van der Waals surface area contributed by atoms with Gasteiger partial charge in [0.25, 0.3) is 12.0 Å². The summed E-state index contributed by atoms with van der Waals surface area (Å²) < 4.78 is 86.8. The Labute approximate surface area is 311 Å². The number of carbonyl (C=O) groups is 2. The molecule has 2 aliphatic rings. The summed E-state index contributed by atoms with van der Waals surface area (Å²) in [6.45, 7) is -5.98. The summed E-state index contributed by atoms with van der Waals surface area (Å²) in [5.41, 5.74) is 3.79. The molecule has 1 aromatic carbocycles. The number of nitrogens with zero attached hydrogens (tertiary/aromatic N) is 5. The summed E-state index contributed by atoms with van der Waals surface area (Å²) in [7, 11) is -1.04. The van der Waals surface area contributed by atoms with Gasteiger partial charge in [-0.3, -0.25) is 32.8 Å². The number of imidazole rings is 1. The Hall–Kier alpha value is -3.89. The lowest BCUT2D eigenvalue weighted by atomic mass is 10.1. The van der Waals surface area contributed by atoms with Gasteiger partial charge in [-0.15, -0.1) is 0 Å². The number of rotatable bonds is 16. The minimum atomic E-state index is -4.63. The van der Waals surface area contributed by atoms with Gasteiger partial charge in [0.1, 0.15) is 35.9 Å². The predicted octanol–water partition coefficient (Wildman–Crippen LogP) is 2.67. The molecule has 26 heteroatoms. The van der Waals surface area contributed by atoms with Crippen molar-refractivity contribution in [3.05, 3.63) is 75.6 Å². The van der Waals surface area contributed by atoms with Gasteiger partial charge in [-0.1, -0.05) is 12.1 Å². The Balaban J connectivity index is 1.27. The van der Waals surface area contributed by atoms with Crippen LogP contribution in [0, 0.1) is 0 Å². The molecule has 2 fully saturated rings. The lowest BCUT2D eigenvalue weighted by Gasteiger charge is -2.26. The molecule has 4 N–H and O–H groups in total. The van der Waals surface area contributed by atoms with E-state index >= 15 is 8.78 Å². The van der Waals surface area contributed by atoms with Crippen molar-refractivity contribution in [2.24, 2.45) is 0 Å². The van der Waals surface area contributed by atoms with E-state index < -0.39 is 94.9 Å². The Bertz CT molecular complexity index is 2140. The first-order valence-electron chi connectivity index (χ1n) is 15.4. The molecule has 0 bridgehead atoms.